The van der Waals surface area contributed by atoms with E-state index in [1.165, 1.54) is 11.3 Å². The summed E-state index contributed by atoms with van der Waals surface area (Å²) in [6, 6.07) is 7.69. The average Bonchev–Trinajstić information content (AvgIpc) is 3.04. The van der Waals surface area contributed by atoms with Gasteiger partial charge < -0.3 is 10.1 Å². The third kappa shape index (κ3) is 5.16. The maximum Gasteiger partial charge on any atom is 0.341 e. The van der Waals surface area contributed by atoms with E-state index in [1.807, 2.05) is 48.4 Å². The van der Waals surface area contributed by atoms with Gasteiger partial charge in [0.2, 0.25) is 5.91 Å². The minimum atomic E-state index is -0.426. The molecule has 1 heterocycles. The van der Waals surface area contributed by atoms with Crippen molar-refractivity contribution in [2.75, 3.05) is 31.6 Å². The molecule has 0 saturated heterocycles. The Morgan fingerprint density at radius 2 is 1.81 bits per heavy atom. The van der Waals surface area contributed by atoms with Crippen LogP contribution in [0.1, 0.15) is 31.1 Å². The molecule has 0 aliphatic carbocycles. The lowest BCUT2D eigenvalue weighted by atomic mass is 10.0. The summed E-state index contributed by atoms with van der Waals surface area (Å²) in [6.07, 6.45) is 0. The molecular formula is C19H23BrN2O3S. The molecule has 0 unspecified atom stereocenters. The second-order valence-electron chi connectivity index (χ2n) is 5.59. The maximum absolute atomic E-state index is 12.5. The number of rotatable bonds is 8. The van der Waals surface area contributed by atoms with Crippen molar-refractivity contribution in [2.24, 2.45) is 0 Å². The van der Waals surface area contributed by atoms with Crippen LogP contribution >= 0.6 is 27.3 Å². The quantitative estimate of drug-likeness (QED) is 0.610. The van der Waals surface area contributed by atoms with Gasteiger partial charge in [0.15, 0.2) is 0 Å². The Morgan fingerprint density at radius 3 is 2.38 bits per heavy atom. The number of nitrogens with zero attached hydrogens (tertiary/aromatic N) is 1. The van der Waals surface area contributed by atoms with Crippen LogP contribution in [-0.2, 0) is 9.53 Å². The first-order valence-electron chi connectivity index (χ1n) is 8.56. The van der Waals surface area contributed by atoms with Gasteiger partial charge in [0.05, 0.1) is 13.2 Å². The van der Waals surface area contributed by atoms with Crippen molar-refractivity contribution in [2.45, 2.75) is 20.8 Å². The van der Waals surface area contributed by atoms with Crippen molar-refractivity contribution in [3.63, 3.8) is 0 Å². The minimum Gasteiger partial charge on any atom is -0.462 e. The van der Waals surface area contributed by atoms with E-state index >= 15 is 0 Å². The van der Waals surface area contributed by atoms with Gasteiger partial charge in [-0.2, -0.15) is 0 Å². The third-order valence-corrected chi connectivity index (χ3v) is 5.36. The van der Waals surface area contributed by atoms with E-state index in [0.717, 1.165) is 28.7 Å². The molecule has 0 fully saturated rings. The molecule has 1 aromatic carbocycles. The number of amides is 1. The van der Waals surface area contributed by atoms with E-state index in [2.05, 4.69) is 21.2 Å². The fourth-order valence-corrected chi connectivity index (χ4v) is 3.75. The summed E-state index contributed by atoms with van der Waals surface area (Å²) in [5.41, 5.74) is 2.07. The second kappa shape index (κ2) is 9.85. The number of hydrogen-bond donors (Lipinski definition) is 1. The largest absolute Gasteiger partial charge is 0.462 e. The summed E-state index contributed by atoms with van der Waals surface area (Å²) in [5.74, 6) is -0.562. The zero-order valence-electron chi connectivity index (χ0n) is 15.2. The van der Waals surface area contributed by atoms with Crippen LogP contribution in [0.5, 0.6) is 0 Å². The summed E-state index contributed by atoms with van der Waals surface area (Å²) in [6.45, 7) is 7.95. The highest BCUT2D eigenvalue weighted by Gasteiger charge is 2.23. The monoisotopic (exact) mass is 438 g/mol. The number of carbonyl (C=O) groups excluding carboxylic acids is 2. The van der Waals surface area contributed by atoms with E-state index in [9.17, 15) is 9.59 Å². The number of likely N-dealkylation sites (N-methyl/N-ethyl adjacent to an activating group) is 1. The smallest absolute Gasteiger partial charge is 0.341 e. The van der Waals surface area contributed by atoms with E-state index in [1.54, 1.807) is 6.92 Å². The number of thiophene rings is 1. The van der Waals surface area contributed by atoms with Crippen molar-refractivity contribution < 1.29 is 14.3 Å². The van der Waals surface area contributed by atoms with Gasteiger partial charge in [0, 0.05) is 15.4 Å². The van der Waals surface area contributed by atoms with Crippen molar-refractivity contribution >= 4 is 44.1 Å². The molecule has 0 spiro atoms. The molecule has 0 atom stereocenters. The lowest BCUT2D eigenvalue weighted by Gasteiger charge is -2.17. The van der Waals surface area contributed by atoms with Crippen LogP contribution in [0.3, 0.4) is 0 Å². The van der Waals surface area contributed by atoms with Gasteiger partial charge in [0.1, 0.15) is 10.6 Å². The van der Waals surface area contributed by atoms with Crippen LogP contribution in [0, 0.1) is 0 Å². The molecule has 0 radical (unpaired) electrons. The first-order chi connectivity index (χ1) is 12.5. The summed E-state index contributed by atoms with van der Waals surface area (Å²) in [5, 5.41) is 5.28. The van der Waals surface area contributed by atoms with Gasteiger partial charge in [-0.25, -0.2) is 4.79 Å². The van der Waals surface area contributed by atoms with Crippen LogP contribution in [0.25, 0.3) is 11.1 Å². The van der Waals surface area contributed by atoms with Crippen molar-refractivity contribution in [3.05, 3.63) is 39.7 Å². The molecular weight excluding hydrogens is 416 g/mol. The molecule has 5 nitrogen and oxygen atoms in total. The zero-order chi connectivity index (χ0) is 19.1. The van der Waals surface area contributed by atoms with Crippen LogP contribution in [0.15, 0.2) is 34.1 Å². The Kier molecular flexibility index (Phi) is 7.81. The zero-order valence-corrected chi connectivity index (χ0v) is 17.6. The van der Waals surface area contributed by atoms with Crippen molar-refractivity contribution in [1.82, 2.24) is 4.90 Å². The second-order valence-corrected chi connectivity index (χ2v) is 7.39. The number of carbonyl (C=O) groups is 2. The Hall–Kier alpha value is -1.70. The molecule has 0 aliphatic heterocycles. The van der Waals surface area contributed by atoms with Crippen LogP contribution in [-0.4, -0.2) is 43.0 Å². The molecule has 0 aliphatic rings. The average molecular weight is 439 g/mol. The van der Waals surface area contributed by atoms with E-state index in [0.29, 0.717) is 17.1 Å². The minimum absolute atomic E-state index is 0.136. The lowest BCUT2D eigenvalue weighted by Crippen LogP contribution is -2.33. The molecule has 26 heavy (non-hydrogen) atoms. The molecule has 0 saturated carbocycles. The Labute approximate surface area is 166 Å². The van der Waals surface area contributed by atoms with Gasteiger partial charge in [-0.15, -0.1) is 11.3 Å². The molecule has 7 heteroatoms. The fraction of sp³-hybridized carbons (Fsp3) is 0.368. The highest BCUT2D eigenvalue weighted by atomic mass is 79.9. The van der Waals surface area contributed by atoms with Crippen LogP contribution < -0.4 is 5.32 Å². The predicted molar refractivity (Wildman–Crippen MR) is 110 cm³/mol. The van der Waals surface area contributed by atoms with Crippen molar-refractivity contribution in [3.8, 4) is 11.1 Å². The van der Waals surface area contributed by atoms with Gasteiger partial charge in [-0.05, 0) is 37.7 Å². The van der Waals surface area contributed by atoms with E-state index in [-0.39, 0.29) is 12.5 Å². The summed E-state index contributed by atoms with van der Waals surface area (Å²) < 4.78 is 6.17. The van der Waals surface area contributed by atoms with Crippen LogP contribution in [0.2, 0.25) is 0 Å². The number of esters is 1. The number of nitrogens with one attached hydrogen (secondary N) is 1. The predicted octanol–water partition coefficient (Wildman–Crippen LogP) is 4.63. The third-order valence-electron chi connectivity index (χ3n) is 3.94. The fourth-order valence-electron chi connectivity index (χ4n) is 2.51. The van der Waals surface area contributed by atoms with Gasteiger partial charge in [0.25, 0.3) is 0 Å². The number of ether oxygens (including phenoxy) is 1. The normalized spacial score (nSPS) is 10.8. The van der Waals surface area contributed by atoms with Gasteiger partial charge >= 0.3 is 5.97 Å². The lowest BCUT2D eigenvalue weighted by molar-refractivity contribution is -0.117. The topological polar surface area (TPSA) is 58.6 Å². The summed E-state index contributed by atoms with van der Waals surface area (Å²) in [4.78, 5) is 26.9. The number of halogens is 1. The van der Waals surface area contributed by atoms with Gasteiger partial charge in [-0.1, -0.05) is 41.9 Å². The highest BCUT2D eigenvalue weighted by molar-refractivity contribution is 9.10. The molecule has 2 rings (SSSR count). The molecule has 0 bridgehead atoms. The standard InChI is InChI=1S/C19H23BrN2O3S/c1-4-22(5-2)11-16(23)21-18-17(19(24)25-6-3)15(12-26-18)13-7-9-14(20)10-8-13/h7-10,12H,4-6,11H2,1-3H3,(H,21,23). The Morgan fingerprint density at radius 1 is 1.15 bits per heavy atom. The van der Waals surface area contributed by atoms with Crippen LogP contribution in [0.4, 0.5) is 5.00 Å². The molecule has 1 amide bonds. The Bertz CT molecular complexity index is 755. The maximum atomic E-state index is 12.5. The summed E-state index contributed by atoms with van der Waals surface area (Å²) in [7, 11) is 0. The molecule has 2 aromatic rings. The van der Waals surface area contributed by atoms with Gasteiger partial charge in [-0.3, -0.25) is 9.69 Å². The van der Waals surface area contributed by atoms with E-state index < -0.39 is 5.97 Å². The van der Waals surface area contributed by atoms with E-state index in [4.69, 9.17) is 4.74 Å². The molecule has 1 N–H and O–H groups in total. The summed E-state index contributed by atoms with van der Waals surface area (Å²) >= 11 is 4.75. The number of hydrogen-bond acceptors (Lipinski definition) is 5. The number of anilines is 1. The number of benzene rings is 1. The highest BCUT2D eigenvalue weighted by Crippen LogP contribution is 2.36. The SMILES string of the molecule is CCOC(=O)c1c(-c2ccc(Br)cc2)csc1NC(=O)CN(CC)CC. The Balaban J connectivity index is 2.32. The first kappa shape index (κ1) is 20.6. The first-order valence-corrected chi connectivity index (χ1v) is 10.2. The molecule has 140 valence electrons. The molecule has 1 aromatic heterocycles. The van der Waals surface area contributed by atoms with Crippen molar-refractivity contribution in [1.29, 1.82) is 0 Å².